The number of benzene rings is 1. The zero-order chi connectivity index (χ0) is 11.4. The van der Waals surface area contributed by atoms with Crippen LogP contribution in [-0.2, 0) is 9.53 Å². The van der Waals surface area contributed by atoms with E-state index in [1.165, 1.54) is 0 Å². The van der Waals surface area contributed by atoms with Gasteiger partial charge in [-0.25, -0.2) is 0 Å². The van der Waals surface area contributed by atoms with E-state index < -0.39 is 0 Å². The van der Waals surface area contributed by atoms with Crippen LogP contribution in [0.3, 0.4) is 0 Å². The molecule has 1 aromatic rings. The summed E-state index contributed by atoms with van der Waals surface area (Å²) in [7, 11) is 0. The van der Waals surface area contributed by atoms with Gasteiger partial charge < -0.3 is 10.1 Å². The SMILES string of the molecule is CC(OC(=O)[C@@H]1CCCN1)c1ccccc1. The summed E-state index contributed by atoms with van der Waals surface area (Å²) in [5.41, 5.74) is 1.04. The molecule has 0 radical (unpaired) electrons. The summed E-state index contributed by atoms with van der Waals surface area (Å²) in [5, 5.41) is 3.14. The van der Waals surface area contributed by atoms with E-state index >= 15 is 0 Å². The first-order chi connectivity index (χ1) is 7.77. The molecule has 16 heavy (non-hydrogen) atoms. The van der Waals surface area contributed by atoms with Crippen molar-refractivity contribution in [1.82, 2.24) is 5.32 Å². The van der Waals surface area contributed by atoms with Crippen LogP contribution in [0.2, 0.25) is 0 Å². The lowest BCUT2D eigenvalue weighted by Crippen LogP contribution is -2.32. The predicted molar refractivity (Wildman–Crippen MR) is 62.0 cm³/mol. The number of hydrogen-bond donors (Lipinski definition) is 1. The zero-order valence-corrected chi connectivity index (χ0v) is 9.48. The first-order valence-electron chi connectivity index (χ1n) is 5.76. The van der Waals surface area contributed by atoms with Gasteiger partial charge in [0.1, 0.15) is 12.1 Å². The first kappa shape index (κ1) is 11.1. The zero-order valence-electron chi connectivity index (χ0n) is 9.48. The molecular formula is C13H17NO2. The number of ether oxygens (including phenoxy) is 1. The third kappa shape index (κ3) is 2.61. The highest BCUT2D eigenvalue weighted by molar-refractivity contribution is 5.76. The number of esters is 1. The predicted octanol–water partition coefficient (Wildman–Crippen LogP) is 2.04. The molecule has 1 aliphatic heterocycles. The van der Waals surface area contributed by atoms with Gasteiger partial charge in [0.15, 0.2) is 0 Å². The second-order valence-electron chi connectivity index (χ2n) is 4.14. The molecule has 1 unspecified atom stereocenters. The number of rotatable bonds is 3. The Morgan fingerprint density at radius 1 is 1.44 bits per heavy atom. The Labute approximate surface area is 95.8 Å². The Balaban J connectivity index is 1.92. The van der Waals surface area contributed by atoms with Crippen molar-refractivity contribution in [1.29, 1.82) is 0 Å². The van der Waals surface area contributed by atoms with Gasteiger partial charge in [0.2, 0.25) is 0 Å². The van der Waals surface area contributed by atoms with Gasteiger partial charge in [-0.3, -0.25) is 4.79 Å². The fourth-order valence-electron chi connectivity index (χ4n) is 1.93. The van der Waals surface area contributed by atoms with E-state index in [9.17, 15) is 4.79 Å². The van der Waals surface area contributed by atoms with Crippen LogP contribution in [0.15, 0.2) is 30.3 Å². The van der Waals surface area contributed by atoms with E-state index in [0.717, 1.165) is 24.9 Å². The van der Waals surface area contributed by atoms with Gasteiger partial charge >= 0.3 is 5.97 Å². The fourth-order valence-corrected chi connectivity index (χ4v) is 1.93. The molecule has 1 N–H and O–H groups in total. The van der Waals surface area contributed by atoms with Crippen molar-refractivity contribution >= 4 is 5.97 Å². The number of carbonyl (C=O) groups excluding carboxylic acids is 1. The van der Waals surface area contributed by atoms with Crippen LogP contribution in [-0.4, -0.2) is 18.6 Å². The van der Waals surface area contributed by atoms with E-state index in [-0.39, 0.29) is 18.1 Å². The van der Waals surface area contributed by atoms with E-state index in [4.69, 9.17) is 4.74 Å². The molecule has 86 valence electrons. The summed E-state index contributed by atoms with van der Waals surface area (Å²) in [4.78, 5) is 11.7. The van der Waals surface area contributed by atoms with E-state index in [1.54, 1.807) is 0 Å². The Morgan fingerprint density at radius 3 is 2.81 bits per heavy atom. The highest BCUT2D eigenvalue weighted by Gasteiger charge is 2.25. The summed E-state index contributed by atoms with van der Waals surface area (Å²) >= 11 is 0. The van der Waals surface area contributed by atoms with Crippen molar-refractivity contribution in [3.05, 3.63) is 35.9 Å². The molecule has 1 heterocycles. The normalized spacial score (nSPS) is 21.7. The molecule has 1 saturated heterocycles. The van der Waals surface area contributed by atoms with Gasteiger partial charge in [-0.2, -0.15) is 0 Å². The molecule has 0 spiro atoms. The Kier molecular flexibility index (Phi) is 3.57. The summed E-state index contributed by atoms with van der Waals surface area (Å²) in [5.74, 6) is -0.131. The quantitative estimate of drug-likeness (QED) is 0.791. The Morgan fingerprint density at radius 2 is 2.19 bits per heavy atom. The van der Waals surface area contributed by atoms with Crippen LogP contribution in [0.5, 0.6) is 0 Å². The van der Waals surface area contributed by atoms with Crippen LogP contribution in [0, 0.1) is 0 Å². The standard InChI is InChI=1S/C13H17NO2/c1-10(11-6-3-2-4-7-11)16-13(15)12-8-5-9-14-12/h2-4,6-7,10,12,14H,5,8-9H2,1H3/t10?,12-/m0/s1. The van der Waals surface area contributed by atoms with Gasteiger partial charge in [0, 0.05) is 0 Å². The van der Waals surface area contributed by atoms with E-state index in [0.29, 0.717) is 0 Å². The minimum absolute atomic E-state index is 0.105. The maximum atomic E-state index is 11.7. The van der Waals surface area contributed by atoms with Gasteiger partial charge in [-0.15, -0.1) is 0 Å². The lowest BCUT2D eigenvalue weighted by molar-refractivity contribution is -0.150. The van der Waals surface area contributed by atoms with Crippen LogP contribution in [0.4, 0.5) is 0 Å². The molecule has 0 amide bonds. The van der Waals surface area contributed by atoms with Crippen molar-refractivity contribution in [3.8, 4) is 0 Å². The van der Waals surface area contributed by atoms with Crippen molar-refractivity contribution < 1.29 is 9.53 Å². The highest BCUT2D eigenvalue weighted by Crippen LogP contribution is 2.18. The minimum Gasteiger partial charge on any atom is -0.457 e. The molecule has 0 aliphatic carbocycles. The topological polar surface area (TPSA) is 38.3 Å². The molecule has 0 saturated carbocycles. The number of nitrogens with one attached hydrogen (secondary N) is 1. The van der Waals surface area contributed by atoms with Crippen molar-refractivity contribution in [2.45, 2.75) is 31.9 Å². The van der Waals surface area contributed by atoms with Gasteiger partial charge in [0.25, 0.3) is 0 Å². The lowest BCUT2D eigenvalue weighted by Gasteiger charge is -2.16. The summed E-state index contributed by atoms with van der Waals surface area (Å²) < 4.78 is 5.42. The largest absolute Gasteiger partial charge is 0.457 e. The number of hydrogen-bond acceptors (Lipinski definition) is 3. The third-order valence-corrected chi connectivity index (χ3v) is 2.91. The van der Waals surface area contributed by atoms with Crippen molar-refractivity contribution in [3.63, 3.8) is 0 Å². The molecule has 0 bridgehead atoms. The monoisotopic (exact) mass is 219 g/mol. The average Bonchev–Trinajstić information content (AvgIpc) is 2.83. The van der Waals surface area contributed by atoms with Crippen LogP contribution >= 0.6 is 0 Å². The molecule has 2 rings (SSSR count). The van der Waals surface area contributed by atoms with Gasteiger partial charge in [0.05, 0.1) is 0 Å². The second-order valence-corrected chi connectivity index (χ2v) is 4.14. The summed E-state index contributed by atoms with van der Waals surface area (Å²) in [6.07, 6.45) is 1.77. The second kappa shape index (κ2) is 5.12. The van der Waals surface area contributed by atoms with Crippen LogP contribution in [0.25, 0.3) is 0 Å². The smallest absolute Gasteiger partial charge is 0.323 e. The Hall–Kier alpha value is -1.35. The van der Waals surface area contributed by atoms with Gasteiger partial charge in [-0.1, -0.05) is 30.3 Å². The highest BCUT2D eigenvalue weighted by atomic mass is 16.5. The molecule has 2 atom stereocenters. The minimum atomic E-state index is -0.170. The van der Waals surface area contributed by atoms with E-state index in [2.05, 4.69) is 5.32 Å². The molecule has 3 heteroatoms. The summed E-state index contributed by atoms with van der Waals surface area (Å²) in [6, 6.07) is 9.70. The van der Waals surface area contributed by atoms with Crippen molar-refractivity contribution in [2.24, 2.45) is 0 Å². The first-order valence-corrected chi connectivity index (χ1v) is 5.76. The van der Waals surface area contributed by atoms with Crippen LogP contribution in [0.1, 0.15) is 31.4 Å². The molecule has 0 aromatic heterocycles. The summed E-state index contributed by atoms with van der Waals surface area (Å²) in [6.45, 7) is 2.82. The maximum absolute atomic E-state index is 11.7. The number of carbonyl (C=O) groups is 1. The lowest BCUT2D eigenvalue weighted by atomic mass is 10.1. The van der Waals surface area contributed by atoms with Crippen molar-refractivity contribution in [2.75, 3.05) is 6.54 Å². The Bertz CT molecular complexity index is 344. The fraction of sp³-hybridized carbons (Fsp3) is 0.462. The average molecular weight is 219 g/mol. The molecule has 1 fully saturated rings. The molecular weight excluding hydrogens is 202 g/mol. The molecule has 3 nitrogen and oxygen atoms in total. The van der Waals surface area contributed by atoms with E-state index in [1.807, 2.05) is 37.3 Å². The van der Waals surface area contributed by atoms with Crippen LogP contribution < -0.4 is 5.32 Å². The molecule has 1 aromatic carbocycles. The molecule has 1 aliphatic rings. The van der Waals surface area contributed by atoms with Gasteiger partial charge in [-0.05, 0) is 31.9 Å². The maximum Gasteiger partial charge on any atom is 0.323 e. The third-order valence-electron chi connectivity index (χ3n) is 2.91.